The van der Waals surface area contributed by atoms with Crippen molar-refractivity contribution in [3.05, 3.63) is 46.9 Å². The first kappa shape index (κ1) is 20.7. The monoisotopic (exact) mass is 385 g/mol. The van der Waals surface area contributed by atoms with Crippen molar-refractivity contribution in [1.82, 2.24) is 0 Å². The molecule has 0 saturated carbocycles. The van der Waals surface area contributed by atoms with Gasteiger partial charge in [-0.3, -0.25) is 9.11 Å². The van der Waals surface area contributed by atoms with E-state index in [2.05, 4.69) is 36.2 Å². The molecule has 8 nitrogen and oxygen atoms in total. The molecule has 0 amide bonds. The number of rotatable bonds is 4. The zero-order valence-corrected chi connectivity index (χ0v) is 15.3. The van der Waals surface area contributed by atoms with Crippen LogP contribution in [0.15, 0.2) is 46.2 Å². The van der Waals surface area contributed by atoms with Crippen LogP contribution in [-0.2, 0) is 10.4 Å². The number of nitrogens with zero attached hydrogens (tertiary/aromatic N) is 2. The SMILES string of the molecule is COc1cc(Sc2ccc(C)cc2)c(OC)cc1[N+]#N.O=S(=O)(O)O. The molecule has 2 aromatic carbocycles. The van der Waals surface area contributed by atoms with Crippen LogP contribution < -0.4 is 9.47 Å². The summed E-state index contributed by atoms with van der Waals surface area (Å²) in [6.45, 7) is 2.05. The van der Waals surface area contributed by atoms with Gasteiger partial charge in [0.1, 0.15) is 5.75 Å². The molecular weight excluding hydrogens is 368 g/mol. The Kier molecular flexibility index (Phi) is 7.66. The number of hydrogen-bond acceptors (Lipinski definition) is 6. The molecule has 0 aliphatic carbocycles. The van der Waals surface area contributed by atoms with Crippen LogP contribution in [0.5, 0.6) is 11.5 Å². The maximum Gasteiger partial charge on any atom is 0.430 e. The third-order valence-electron chi connectivity index (χ3n) is 2.82. The molecule has 0 aliphatic heterocycles. The van der Waals surface area contributed by atoms with Crippen LogP contribution in [0.1, 0.15) is 5.56 Å². The first-order valence-electron chi connectivity index (χ1n) is 6.73. The first-order valence-corrected chi connectivity index (χ1v) is 8.94. The zero-order valence-electron chi connectivity index (χ0n) is 13.7. The smallest absolute Gasteiger partial charge is 0.430 e. The summed E-state index contributed by atoms with van der Waals surface area (Å²) in [5, 5.41) is 8.96. The van der Waals surface area contributed by atoms with E-state index in [0.717, 1.165) is 9.79 Å². The van der Waals surface area contributed by atoms with Crippen molar-refractivity contribution in [2.45, 2.75) is 16.7 Å². The van der Waals surface area contributed by atoms with Gasteiger partial charge in [-0.15, -0.1) is 0 Å². The number of aryl methyl sites for hydroxylation is 1. The highest BCUT2D eigenvalue weighted by Crippen LogP contribution is 2.42. The molecule has 134 valence electrons. The topological polar surface area (TPSA) is 121 Å². The summed E-state index contributed by atoms with van der Waals surface area (Å²) in [5.41, 5.74) is 1.56. The molecule has 0 spiro atoms. The maximum absolute atomic E-state index is 8.96. The lowest BCUT2D eigenvalue weighted by Gasteiger charge is -2.08. The van der Waals surface area contributed by atoms with Gasteiger partial charge in [-0.2, -0.15) is 8.42 Å². The molecule has 2 aromatic rings. The van der Waals surface area contributed by atoms with Gasteiger partial charge in [-0.1, -0.05) is 29.5 Å². The van der Waals surface area contributed by atoms with Gasteiger partial charge >= 0.3 is 16.1 Å². The number of hydrogen-bond donors (Lipinski definition) is 2. The lowest BCUT2D eigenvalue weighted by Crippen LogP contribution is -1.89. The van der Waals surface area contributed by atoms with Crippen molar-refractivity contribution in [2.75, 3.05) is 14.2 Å². The van der Waals surface area contributed by atoms with E-state index in [9.17, 15) is 0 Å². The number of ether oxygens (including phenoxy) is 2. The van der Waals surface area contributed by atoms with Crippen molar-refractivity contribution in [3.8, 4) is 11.5 Å². The van der Waals surface area contributed by atoms with E-state index >= 15 is 0 Å². The lowest BCUT2D eigenvalue weighted by atomic mass is 10.2. The summed E-state index contributed by atoms with van der Waals surface area (Å²) in [4.78, 5) is 5.20. The van der Waals surface area contributed by atoms with Gasteiger partial charge in [-0.05, 0) is 19.1 Å². The fourth-order valence-corrected chi connectivity index (χ4v) is 2.68. The van der Waals surface area contributed by atoms with Gasteiger partial charge in [-0.25, -0.2) is 0 Å². The number of diazo groups is 1. The van der Waals surface area contributed by atoms with Crippen LogP contribution in [-0.4, -0.2) is 31.7 Å². The fraction of sp³-hybridized carbons (Fsp3) is 0.200. The molecule has 0 bridgehead atoms. The Balaban J connectivity index is 0.000000550. The third kappa shape index (κ3) is 7.40. The highest BCUT2D eigenvalue weighted by atomic mass is 32.3. The van der Waals surface area contributed by atoms with Crippen molar-refractivity contribution < 1.29 is 27.0 Å². The Hall–Kier alpha value is -2.32. The molecule has 25 heavy (non-hydrogen) atoms. The molecular formula is C15H17N2O6S2+. The van der Waals surface area contributed by atoms with Crippen LogP contribution in [0.25, 0.3) is 4.98 Å². The second-order valence-corrected chi connectivity index (χ2v) is 6.65. The zero-order chi connectivity index (χ0) is 19.0. The van der Waals surface area contributed by atoms with E-state index in [0.29, 0.717) is 17.2 Å². The molecule has 0 heterocycles. The second-order valence-electron chi connectivity index (χ2n) is 4.64. The molecule has 0 atom stereocenters. The van der Waals surface area contributed by atoms with Crippen molar-refractivity contribution in [3.63, 3.8) is 0 Å². The van der Waals surface area contributed by atoms with E-state index in [1.54, 1.807) is 31.0 Å². The Morgan fingerprint density at radius 2 is 1.56 bits per heavy atom. The van der Waals surface area contributed by atoms with E-state index in [-0.39, 0.29) is 0 Å². The predicted octanol–water partition coefficient (Wildman–Crippen LogP) is 4.00. The molecule has 2 rings (SSSR count). The minimum absolute atomic E-state index is 0.345. The van der Waals surface area contributed by atoms with Crippen LogP contribution in [0, 0.1) is 12.3 Å². The van der Waals surface area contributed by atoms with E-state index in [1.165, 1.54) is 12.7 Å². The molecule has 0 unspecified atom stereocenters. The first-order chi connectivity index (χ1) is 11.7. The summed E-state index contributed by atoms with van der Waals surface area (Å²) in [7, 11) is -1.54. The fourth-order valence-electron chi connectivity index (χ4n) is 1.74. The minimum atomic E-state index is -4.67. The van der Waals surface area contributed by atoms with Crippen LogP contribution >= 0.6 is 11.8 Å². The molecule has 0 saturated heterocycles. The van der Waals surface area contributed by atoms with Gasteiger partial charge in [0.2, 0.25) is 11.1 Å². The van der Waals surface area contributed by atoms with E-state index < -0.39 is 10.4 Å². The average Bonchev–Trinajstić information content (AvgIpc) is 2.55. The van der Waals surface area contributed by atoms with Crippen molar-refractivity contribution in [1.29, 1.82) is 5.39 Å². The van der Waals surface area contributed by atoms with Crippen LogP contribution in [0.4, 0.5) is 5.69 Å². The third-order valence-corrected chi connectivity index (χ3v) is 3.87. The summed E-state index contributed by atoms with van der Waals surface area (Å²) < 4.78 is 42.1. The standard InChI is InChI=1S/C15H15N2O2S.H2O4S/c1-10-4-6-11(7-5-10)20-15-9-13(18-2)12(17-16)8-14(15)19-3;1-5(2,3)4/h4-9H,1-3H3;(H2,1,2,3,4)/q+1;. The summed E-state index contributed by atoms with van der Waals surface area (Å²) in [5.74, 6) is 1.15. The summed E-state index contributed by atoms with van der Waals surface area (Å²) in [6.07, 6.45) is 0. The molecule has 10 heteroatoms. The predicted molar refractivity (Wildman–Crippen MR) is 93.8 cm³/mol. The van der Waals surface area contributed by atoms with Gasteiger partial charge in [0, 0.05) is 11.0 Å². The van der Waals surface area contributed by atoms with Gasteiger partial charge in [0.15, 0.2) is 4.98 Å². The number of benzene rings is 2. The summed E-state index contributed by atoms with van der Waals surface area (Å²) >= 11 is 1.57. The Bertz CT molecular complexity index is 853. The minimum Gasteiger partial charge on any atom is -0.495 e. The average molecular weight is 385 g/mol. The normalized spacial score (nSPS) is 10.2. The highest BCUT2D eigenvalue weighted by Gasteiger charge is 2.20. The van der Waals surface area contributed by atoms with Crippen LogP contribution in [0.2, 0.25) is 0 Å². The van der Waals surface area contributed by atoms with Gasteiger partial charge < -0.3 is 9.47 Å². The summed E-state index contributed by atoms with van der Waals surface area (Å²) in [6, 6.07) is 11.7. The van der Waals surface area contributed by atoms with Crippen molar-refractivity contribution in [2.24, 2.45) is 0 Å². The van der Waals surface area contributed by atoms with E-state index in [1.807, 2.05) is 0 Å². The molecule has 2 N–H and O–H groups in total. The highest BCUT2D eigenvalue weighted by molar-refractivity contribution is 7.99. The Morgan fingerprint density at radius 3 is 2.00 bits per heavy atom. The quantitative estimate of drug-likeness (QED) is 0.598. The maximum atomic E-state index is 8.96. The van der Waals surface area contributed by atoms with Crippen molar-refractivity contribution >= 4 is 27.8 Å². The van der Waals surface area contributed by atoms with Crippen LogP contribution in [0.3, 0.4) is 0 Å². The molecule has 0 aliphatic rings. The second kappa shape index (κ2) is 9.24. The van der Waals surface area contributed by atoms with E-state index in [4.69, 9.17) is 32.4 Å². The lowest BCUT2D eigenvalue weighted by molar-refractivity contribution is 0.381. The molecule has 0 fully saturated rings. The Morgan fingerprint density at radius 1 is 1.04 bits per heavy atom. The van der Waals surface area contributed by atoms with Gasteiger partial charge in [0.25, 0.3) is 0 Å². The number of methoxy groups -OCH3 is 2. The molecule has 0 radical (unpaired) electrons. The molecule has 0 aromatic heterocycles. The Labute approximate surface area is 150 Å². The van der Waals surface area contributed by atoms with Gasteiger partial charge in [0.05, 0.1) is 25.2 Å². The largest absolute Gasteiger partial charge is 0.495 e.